The van der Waals surface area contributed by atoms with E-state index in [1.54, 1.807) is 12.1 Å². The summed E-state index contributed by atoms with van der Waals surface area (Å²) in [5.74, 6) is 2.10. The number of nitriles is 1. The lowest BCUT2D eigenvalue weighted by atomic mass is 10.1. The Morgan fingerprint density at radius 2 is 1.55 bits per heavy atom. The van der Waals surface area contributed by atoms with E-state index in [0.717, 1.165) is 35.8 Å². The summed E-state index contributed by atoms with van der Waals surface area (Å²) >= 11 is 0. The first-order valence-corrected chi connectivity index (χ1v) is 9.78. The molecule has 6 nitrogen and oxygen atoms in total. The molecule has 3 rings (SSSR count). The molecule has 1 heterocycles. The van der Waals surface area contributed by atoms with Crippen LogP contribution in [0.5, 0.6) is 0 Å². The summed E-state index contributed by atoms with van der Waals surface area (Å²) < 4.78 is 0. The molecule has 0 radical (unpaired) electrons. The molecule has 2 N–H and O–H groups in total. The summed E-state index contributed by atoms with van der Waals surface area (Å²) in [5, 5.41) is 15.6. The van der Waals surface area contributed by atoms with E-state index in [9.17, 15) is 0 Å². The van der Waals surface area contributed by atoms with Crippen LogP contribution < -0.4 is 15.5 Å². The van der Waals surface area contributed by atoms with Crippen molar-refractivity contribution < 1.29 is 0 Å². The van der Waals surface area contributed by atoms with Gasteiger partial charge in [0.2, 0.25) is 0 Å². The van der Waals surface area contributed by atoms with Crippen LogP contribution in [0.1, 0.15) is 30.8 Å². The smallest absolute Gasteiger partial charge is 0.136 e. The summed E-state index contributed by atoms with van der Waals surface area (Å²) in [6.45, 7) is 10.3. The molecule has 0 aliphatic rings. The van der Waals surface area contributed by atoms with Crippen molar-refractivity contribution >= 4 is 28.7 Å². The van der Waals surface area contributed by atoms with Gasteiger partial charge in [-0.3, -0.25) is 0 Å². The molecule has 29 heavy (non-hydrogen) atoms. The average molecular weight is 387 g/mol. The zero-order chi connectivity index (χ0) is 20.8. The quantitative estimate of drug-likeness (QED) is 0.574. The number of aryl methyl sites for hydroxylation is 2. The Hall–Kier alpha value is -3.59. The highest BCUT2D eigenvalue weighted by Gasteiger charge is 2.08. The highest BCUT2D eigenvalue weighted by Crippen LogP contribution is 2.26. The standard InChI is InChI=1S/C23H26N6/c1-5-29(6-2)20-11-12-21(16(3)13-20)28-23-14-22(25-17(4)26-23)27-19-9-7-18(15-24)8-10-19/h7-14H,5-6H2,1-4H3,(H2,25,26,27,28). The molecule has 148 valence electrons. The molecule has 0 atom stereocenters. The zero-order valence-electron chi connectivity index (χ0n) is 17.3. The molecule has 0 spiro atoms. The van der Waals surface area contributed by atoms with E-state index in [0.29, 0.717) is 17.2 Å². The van der Waals surface area contributed by atoms with Gasteiger partial charge in [0.15, 0.2) is 0 Å². The van der Waals surface area contributed by atoms with Crippen LogP contribution in [0.4, 0.5) is 28.7 Å². The minimum atomic E-state index is 0.625. The van der Waals surface area contributed by atoms with Crippen molar-refractivity contribution in [2.75, 3.05) is 28.6 Å². The average Bonchev–Trinajstić information content (AvgIpc) is 2.71. The number of hydrogen-bond donors (Lipinski definition) is 2. The molecular formula is C23H26N6. The molecule has 2 aromatic carbocycles. The van der Waals surface area contributed by atoms with Gasteiger partial charge in [-0.05, 0) is 75.7 Å². The Morgan fingerprint density at radius 1 is 0.897 bits per heavy atom. The largest absolute Gasteiger partial charge is 0.372 e. The lowest BCUT2D eigenvalue weighted by Crippen LogP contribution is -2.21. The molecule has 0 aliphatic heterocycles. The first-order valence-electron chi connectivity index (χ1n) is 9.78. The van der Waals surface area contributed by atoms with Crippen LogP contribution in [0.3, 0.4) is 0 Å². The van der Waals surface area contributed by atoms with Gasteiger partial charge in [0.1, 0.15) is 17.5 Å². The predicted molar refractivity (Wildman–Crippen MR) is 119 cm³/mol. The lowest BCUT2D eigenvalue weighted by Gasteiger charge is -2.22. The molecule has 1 aromatic heterocycles. The Balaban J connectivity index is 1.80. The second-order valence-corrected chi connectivity index (χ2v) is 6.80. The highest BCUT2D eigenvalue weighted by atomic mass is 15.1. The number of anilines is 5. The summed E-state index contributed by atoms with van der Waals surface area (Å²) in [6, 6.07) is 17.7. The normalized spacial score (nSPS) is 10.3. The Kier molecular flexibility index (Phi) is 6.30. The SMILES string of the molecule is CCN(CC)c1ccc(Nc2cc(Nc3ccc(C#N)cc3)nc(C)n2)c(C)c1. The van der Waals surface area contributed by atoms with E-state index in [4.69, 9.17) is 5.26 Å². The van der Waals surface area contributed by atoms with Crippen LogP contribution in [0, 0.1) is 25.2 Å². The van der Waals surface area contributed by atoms with Crippen molar-refractivity contribution in [3.8, 4) is 6.07 Å². The van der Waals surface area contributed by atoms with E-state index >= 15 is 0 Å². The first kappa shape index (κ1) is 20.2. The van der Waals surface area contributed by atoms with Crippen molar-refractivity contribution in [2.24, 2.45) is 0 Å². The topological polar surface area (TPSA) is 76.9 Å². The van der Waals surface area contributed by atoms with E-state index < -0.39 is 0 Å². The first-order chi connectivity index (χ1) is 14.0. The van der Waals surface area contributed by atoms with Crippen molar-refractivity contribution in [3.05, 3.63) is 65.5 Å². The van der Waals surface area contributed by atoms with Crippen LogP contribution in [-0.4, -0.2) is 23.1 Å². The maximum absolute atomic E-state index is 8.93. The van der Waals surface area contributed by atoms with Gasteiger partial charge < -0.3 is 15.5 Å². The van der Waals surface area contributed by atoms with Crippen LogP contribution in [0.2, 0.25) is 0 Å². The lowest BCUT2D eigenvalue weighted by molar-refractivity contribution is 0.866. The van der Waals surface area contributed by atoms with E-state index in [-0.39, 0.29) is 0 Å². The van der Waals surface area contributed by atoms with E-state index in [1.165, 1.54) is 5.69 Å². The highest BCUT2D eigenvalue weighted by molar-refractivity contribution is 5.68. The molecule has 6 heteroatoms. The number of benzene rings is 2. The monoisotopic (exact) mass is 386 g/mol. The number of nitrogens with zero attached hydrogens (tertiary/aromatic N) is 4. The fourth-order valence-electron chi connectivity index (χ4n) is 3.18. The third-order valence-electron chi connectivity index (χ3n) is 4.73. The Morgan fingerprint density at radius 3 is 2.14 bits per heavy atom. The third-order valence-corrected chi connectivity index (χ3v) is 4.73. The fourth-order valence-corrected chi connectivity index (χ4v) is 3.18. The molecular weight excluding hydrogens is 360 g/mol. The van der Waals surface area contributed by atoms with Gasteiger partial charge in [-0.15, -0.1) is 0 Å². The van der Waals surface area contributed by atoms with Gasteiger partial charge in [0.05, 0.1) is 11.6 Å². The van der Waals surface area contributed by atoms with Gasteiger partial charge in [0, 0.05) is 36.2 Å². The molecule has 0 bridgehead atoms. The number of hydrogen-bond acceptors (Lipinski definition) is 6. The molecule has 3 aromatic rings. The Labute approximate surface area is 172 Å². The summed E-state index contributed by atoms with van der Waals surface area (Å²) in [4.78, 5) is 11.3. The van der Waals surface area contributed by atoms with Crippen molar-refractivity contribution in [2.45, 2.75) is 27.7 Å². The molecule has 0 fully saturated rings. The van der Waals surface area contributed by atoms with Crippen LogP contribution >= 0.6 is 0 Å². The number of nitrogens with one attached hydrogen (secondary N) is 2. The number of aromatic nitrogens is 2. The van der Waals surface area contributed by atoms with Gasteiger partial charge in [-0.2, -0.15) is 5.26 Å². The fraction of sp³-hybridized carbons (Fsp3) is 0.261. The van der Waals surface area contributed by atoms with Gasteiger partial charge in [-0.25, -0.2) is 9.97 Å². The Bertz CT molecular complexity index is 1020. The van der Waals surface area contributed by atoms with E-state index in [2.05, 4.69) is 70.5 Å². The minimum Gasteiger partial charge on any atom is -0.372 e. The maximum Gasteiger partial charge on any atom is 0.136 e. The molecule has 0 saturated carbocycles. The molecule has 0 aliphatic carbocycles. The summed E-state index contributed by atoms with van der Waals surface area (Å²) in [6.07, 6.45) is 0. The van der Waals surface area contributed by atoms with E-state index in [1.807, 2.05) is 25.1 Å². The van der Waals surface area contributed by atoms with Crippen molar-refractivity contribution in [1.82, 2.24) is 9.97 Å². The molecule has 0 saturated heterocycles. The number of rotatable bonds is 7. The minimum absolute atomic E-state index is 0.625. The predicted octanol–water partition coefficient (Wildman–Crippen LogP) is 5.30. The zero-order valence-corrected chi connectivity index (χ0v) is 17.3. The van der Waals surface area contributed by atoms with Gasteiger partial charge in [0.25, 0.3) is 0 Å². The maximum atomic E-state index is 8.93. The summed E-state index contributed by atoms with van der Waals surface area (Å²) in [7, 11) is 0. The second-order valence-electron chi connectivity index (χ2n) is 6.80. The van der Waals surface area contributed by atoms with Crippen LogP contribution in [-0.2, 0) is 0 Å². The van der Waals surface area contributed by atoms with Gasteiger partial charge in [-0.1, -0.05) is 0 Å². The third kappa shape index (κ3) is 5.02. The van der Waals surface area contributed by atoms with Crippen LogP contribution in [0.15, 0.2) is 48.5 Å². The second kappa shape index (κ2) is 9.07. The summed E-state index contributed by atoms with van der Waals surface area (Å²) in [5.41, 5.74) is 4.89. The molecule has 0 amide bonds. The van der Waals surface area contributed by atoms with Crippen molar-refractivity contribution in [3.63, 3.8) is 0 Å². The molecule has 0 unspecified atom stereocenters. The van der Waals surface area contributed by atoms with Crippen molar-refractivity contribution in [1.29, 1.82) is 5.26 Å². The van der Waals surface area contributed by atoms with Crippen LogP contribution in [0.25, 0.3) is 0 Å². The van der Waals surface area contributed by atoms with Gasteiger partial charge >= 0.3 is 0 Å².